The van der Waals surface area contributed by atoms with Crippen LogP contribution in [0.4, 0.5) is 14.5 Å². The molecular formula is C20H20ClF2N3O3. The Labute approximate surface area is 169 Å². The molecule has 0 amide bonds. The molecule has 3 fully saturated rings. The summed E-state index contributed by atoms with van der Waals surface area (Å²) in [7, 11) is 0. The average Bonchev–Trinajstić information content (AvgIpc) is 3.51. The number of alkyl halides is 1. The number of carboxylic acid groups (broad SMARTS) is 1. The number of nitrogens with zero attached hydrogens (tertiary/aromatic N) is 2. The zero-order valence-electron chi connectivity index (χ0n) is 15.7. The van der Waals surface area contributed by atoms with Crippen LogP contribution in [0.1, 0.15) is 42.6 Å². The first kappa shape index (κ1) is 18.8. The summed E-state index contributed by atoms with van der Waals surface area (Å²) in [6.45, 7) is 2.90. The van der Waals surface area contributed by atoms with Crippen LogP contribution < -0.4 is 16.1 Å². The van der Waals surface area contributed by atoms with Crippen LogP contribution in [-0.2, 0) is 0 Å². The Morgan fingerprint density at radius 1 is 1.38 bits per heavy atom. The van der Waals surface area contributed by atoms with Crippen LogP contribution >= 0.6 is 11.6 Å². The number of carbonyl (C=O) groups is 1. The lowest BCUT2D eigenvalue weighted by Crippen LogP contribution is -2.45. The summed E-state index contributed by atoms with van der Waals surface area (Å²) in [5.74, 6) is -2.16. The molecule has 3 atom stereocenters. The van der Waals surface area contributed by atoms with Gasteiger partial charge in [-0.15, -0.1) is 0 Å². The minimum absolute atomic E-state index is 0.0124. The van der Waals surface area contributed by atoms with E-state index in [2.05, 4.69) is 0 Å². The summed E-state index contributed by atoms with van der Waals surface area (Å²) in [4.78, 5) is 25.9. The fourth-order valence-electron chi connectivity index (χ4n) is 4.78. The molecule has 2 aliphatic carbocycles. The van der Waals surface area contributed by atoms with Crippen LogP contribution in [0.3, 0.4) is 0 Å². The van der Waals surface area contributed by atoms with E-state index >= 15 is 4.39 Å². The van der Waals surface area contributed by atoms with Crippen molar-refractivity contribution in [3.05, 3.63) is 38.9 Å². The summed E-state index contributed by atoms with van der Waals surface area (Å²) in [6.07, 6.45) is 2.06. The third-order valence-corrected chi connectivity index (χ3v) is 7.20. The molecule has 2 heterocycles. The smallest absolute Gasteiger partial charge is 0.341 e. The molecule has 1 aromatic heterocycles. The maximum Gasteiger partial charge on any atom is 0.341 e. The maximum atomic E-state index is 15.2. The molecule has 1 aromatic carbocycles. The fourth-order valence-corrected chi connectivity index (χ4v) is 5.19. The van der Waals surface area contributed by atoms with E-state index in [-0.39, 0.29) is 33.4 Å². The molecule has 3 aliphatic rings. The van der Waals surface area contributed by atoms with E-state index in [1.165, 1.54) is 4.57 Å². The monoisotopic (exact) mass is 423 g/mol. The number of hydrogen-bond acceptors (Lipinski definition) is 4. The molecule has 9 heteroatoms. The molecule has 0 bridgehead atoms. The van der Waals surface area contributed by atoms with E-state index in [0.717, 1.165) is 25.1 Å². The number of fused-ring (bicyclic) bond motifs is 1. The second-order valence-corrected chi connectivity index (χ2v) is 9.25. The first-order valence-electron chi connectivity index (χ1n) is 9.54. The van der Waals surface area contributed by atoms with E-state index < -0.39 is 40.5 Å². The van der Waals surface area contributed by atoms with Crippen LogP contribution in [0.2, 0.25) is 5.02 Å². The number of rotatable bonds is 3. The van der Waals surface area contributed by atoms with Crippen molar-refractivity contribution in [3.8, 4) is 0 Å². The zero-order chi connectivity index (χ0) is 20.9. The number of pyridine rings is 1. The van der Waals surface area contributed by atoms with Crippen LogP contribution in [0, 0.1) is 11.2 Å². The molecule has 154 valence electrons. The first-order chi connectivity index (χ1) is 13.6. The Hall–Kier alpha value is -2.19. The van der Waals surface area contributed by atoms with E-state index in [9.17, 15) is 19.1 Å². The molecule has 1 saturated heterocycles. The number of halogens is 3. The lowest BCUT2D eigenvalue weighted by Gasteiger charge is -2.25. The van der Waals surface area contributed by atoms with E-state index in [1.54, 1.807) is 4.90 Å². The van der Waals surface area contributed by atoms with Gasteiger partial charge >= 0.3 is 5.97 Å². The summed E-state index contributed by atoms with van der Waals surface area (Å²) in [6, 6.07) is 0.392. The number of hydrogen-bond donors (Lipinski definition) is 2. The van der Waals surface area contributed by atoms with Crippen molar-refractivity contribution >= 4 is 34.2 Å². The summed E-state index contributed by atoms with van der Waals surface area (Å²) in [5, 5.41) is 9.18. The summed E-state index contributed by atoms with van der Waals surface area (Å²) < 4.78 is 30.4. The number of aromatic nitrogens is 1. The highest BCUT2D eigenvalue weighted by molar-refractivity contribution is 6.38. The molecular weight excluding hydrogens is 404 g/mol. The first-order valence-corrected chi connectivity index (χ1v) is 9.92. The van der Waals surface area contributed by atoms with Crippen molar-refractivity contribution in [2.75, 3.05) is 18.0 Å². The maximum absolute atomic E-state index is 15.2. The van der Waals surface area contributed by atoms with Gasteiger partial charge in [-0.1, -0.05) is 11.6 Å². The molecule has 3 N–H and O–H groups in total. The van der Waals surface area contributed by atoms with Crippen molar-refractivity contribution in [2.45, 2.75) is 43.9 Å². The second kappa shape index (κ2) is 5.70. The van der Waals surface area contributed by atoms with Gasteiger partial charge < -0.3 is 20.3 Å². The Balaban J connectivity index is 1.75. The highest BCUT2D eigenvalue weighted by Gasteiger charge is 2.60. The van der Waals surface area contributed by atoms with Gasteiger partial charge in [0, 0.05) is 36.7 Å². The number of benzene rings is 1. The van der Waals surface area contributed by atoms with Crippen LogP contribution in [0.5, 0.6) is 0 Å². The highest BCUT2D eigenvalue weighted by Crippen LogP contribution is 2.58. The standard InChI is InChI=1S/C20H20ClF2N3O3/c1-19(24)7-25(8-20(19)2-3-20)16-12(23)4-9-15(14(16)21)26(13-5-11(13)22)6-10(17(9)27)18(28)29/h4,6,11,13H,2-3,5,7-8,24H2,1H3,(H,28,29)/t11-,13+,19+/m1/s1. The van der Waals surface area contributed by atoms with Gasteiger partial charge in [0.1, 0.15) is 17.6 Å². The van der Waals surface area contributed by atoms with Crippen LogP contribution in [-0.4, -0.2) is 40.4 Å². The molecule has 0 radical (unpaired) electrons. The van der Waals surface area contributed by atoms with Gasteiger partial charge in [0.2, 0.25) is 5.43 Å². The molecule has 6 nitrogen and oxygen atoms in total. The van der Waals surface area contributed by atoms with Crippen molar-refractivity contribution in [2.24, 2.45) is 11.1 Å². The lowest BCUT2D eigenvalue weighted by atomic mass is 9.87. The van der Waals surface area contributed by atoms with Gasteiger partial charge in [0.15, 0.2) is 0 Å². The van der Waals surface area contributed by atoms with Crippen molar-refractivity contribution < 1.29 is 18.7 Å². The molecule has 2 aromatic rings. The van der Waals surface area contributed by atoms with Gasteiger partial charge in [0.05, 0.1) is 27.7 Å². The van der Waals surface area contributed by atoms with Crippen molar-refractivity contribution in [1.82, 2.24) is 4.57 Å². The molecule has 29 heavy (non-hydrogen) atoms. The minimum atomic E-state index is -1.45. The number of aromatic carboxylic acids is 1. The predicted molar refractivity (Wildman–Crippen MR) is 105 cm³/mol. The van der Waals surface area contributed by atoms with Crippen molar-refractivity contribution in [3.63, 3.8) is 0 Å². The topological polar surface area (TPSA) is 88.6 Å². The van der Waals surface area contributed by atoms with E-state index in [1.807, 2.05) is 6.92 Å². The van der Waals surface area contributed by atoms with Gasteiger partial charge in [-0.05, 0) is 25.8 Å². The number of nitrogens with two attached hydrogens (primary N) is 1. The Kier molecular flexibility index (Phi) is 3.70. The quantitative estimate of drug-likeness (QED) is 0.792. The average molecular weight is 424 g/mol. The zero-order valence-corrected chi connectivity index (χ0v) is 16.5. The Bertz CT molecular complexity index is 1140. The van der Waals surface area contributed by atoms with Crippen LogP contribution in [0.15, 0.2) is 17.1 Å². The summed E-state index contributed by atoms with van der Waals surface area (Å²) >= 11 is 6.61. The highest BCUT2D eigenvalue weighted by atomic mass is 35.5. The molecule has 2 saturated carbocycles. The van der Waals surface area contributed by atoms with E-state index in [0.29, 0.717) is 13.1 Å². The summed E-state index contributed by atoms with van der Waals surface area (Å²) in [5.41, 5.74) is 4.82. The third kappa shape index (κ3) is 2.55. The lowest BCUT2D eigenvalue weighted by molar-refractivity contribution is 0.0694. The second-order valence-electron chi connectivity index (χ2n) is 8.87. The minimum Gasteiger partial charge on any atom is -0.477 e. The third-order valence-electron chi connectivity index (χ3n) is 6.85. The SMILES string of the molecule is C[C@]1(N)CN(c2c(F)cc3c(=O)c(C(=O)O)cn([C@H]4C[C@H]4F)c3c2Cl)CC12CC2. The van der Waals surface area contributed by atoms with Gasteiger partial charge in [-0.3, -0.25) is 4.79 Å². The fraction of sp³-hybridized carbons (Fsp3) is 0.500. The molecule has 1 aliphatic heterocycles. The molecule has 0 unspecified atom stereocenters. The number of carboxylic acids is 1. The Morgan fingerprint density at radius 3 is 2.55 bits per heavy atom. The van der Waals surface area contributed by atoms with Gasteiger partial charge in [-0.2, -0.15) is 0 Å². The number of anilines is 1. The Morgan fingerprint density at radius 2 is 2.03 bits per heavy atom. The normalized spacial score (nSPS) is 29.6. The van der Waals surface area contributed by atoms with Crippen LogP contribution in [0.25, 0.3) is 10.9 Å². The van der Waals surface area contributed by atoms with E-state index in [4.69, 9.17) is 17.3 Å². The van der Waals surface area contributed by atoms with Crippen molar-refractivity contribution in [1.29, 1.82) is 0 Å². The van der Waals surface area contributed by atoms with Gasteiger partial charge in [-0.25, -0.2) is 13.6 Å². The van der Waals surface area contributed by atoms with Gasteiger partial charge in [0.25, 0.3) is 0 Å². The largest absolute Gasteiger partial charge is 0.477 e. The molecule has 5 rings (SSSR count). The molecule has 1 spiro atoms. The predicted octanol–water partition coefficient (Wildman–Crippen LogP) is 3.09.